The van der Waals surface area contributed by atoms with Crippen molar-refractivity contribution < 1.29 is 0 Å². The van der Waals surface area contributed by atoms with Crippen molar-refractivity contribution in [3.05, 3.63) is 90.1 Å². The fourth-order valence-corrected chi connectivity index (χ4v) is 5.51. The standard InChI is InChI=1S/C28H25N5/c1-3-10-22-18(7-1)15-25(29-22)27-13-6-14-33(27)17-19-8-5-12-23-21(19)16-26(30-23)28-20-9-2-4-11-24(20)31-32-28/h1-5,7-12,15-16,27,29-30H,6,13-14,17H2,(H,31,32). The highest BCUT2D eigenvalue weighted by molar-refractivity contribution is 5.96. The molecule has 0 spiro atoms. The molecule has 3 aromatic heterocycles. The van der Waals surface area contributed by atoms with Gasteiger partial charge in [0.05, 0.1) is 17.3 Å². The Labute approximate surface area is 191 Å². The van der Waals surface area contributed by atoms with Crippen LogP contribution in [0.15, 0.2) is 78.9 Å². The van der Waals surface area contributed by atoms with Crippen LogP contribution in [-0.2, 0) is 6.54 Å². The molecule has 1 aliphatic rings. The van der Waals surface area contributed by atoms with E-state index in [2.05, 4.69) is 97.9 Å². The van der Waals surface area contributed by atoms with Crippen LogP contribution in [0.3, 0.4) is 0 Å². The van der Waals surface area contributed by atoms with Gasteiger partial charge in [0, 0.05) is 34.0 Å². The SMILES string of the molecule is c1ccc2[nH]c(C3CCCN3Cc3cccc4[nH]c(-c5n[nH]c6ccccc56)cc34)cc2c1. The first kappa shape index (κ1) is 18.7. The molecule has 1 fully saturated rings. The van der Waals surface area contributed by atoms with E-state index in [1.165, 1.54) is 40.4 Å². The van der Waals surface area contributed by atoms with Gasteiger partial charge < -0.3 is 9.97 Å². The van der Waals surface area contributed by atoms with Crippen molar-refractivity contribution in [1.82, 2.24) is 25.1 Å². The average Bonchev–Trinajstić information content (AvgIpc) is 3.62. The lowest BCUT2D eigenvalue weighted by molar-refractivity contribution is 0.246. The van der Waals surface area contributed by atoms with Gasteiger partial charge in [-0.25, -0.2) is 0 Å². The summed E-state index contributed by atoms with van der Waals surface area (Å²) in [6.45, 7) is 2.06. The number of nitrogens with one attached hydrogen (secondary N) is 3. The molecule has 3 N–H and O–H groups in total. The van der Waals surface area contributed by atoms with Gasteiger partial charge in [0.15, 0.2) is 0 Å². The fourth-order valence-electron chi connectivity index (χ4n) is 5.51. The Hall–Kier alpha value is -3.83. The molecule has 6 aromatic rings. The smallest absolute Gasteiger partial charge is 0.116 e. The predicted octanol–water partition coefficient (Wildman–Crippen LogP) is 6.53. The maximum Gasteiger partial charge on any atom is 0.116 e. The molecule has 33 heavy (non-hydrogen) atoms. The van der Waals surface area contributed by atoms with Crippen molar-refractivity contribution in [3.63, 3.8) is 0 Å². The molecule has 3 aromatic carbocycles. The van der Waals surface area contributed by atoms with E-state index in [4.69, 9.17) is 0 Å². The number of H-pyrrole nitrogens is 3. The molecule has 5 nitrogen and oxygen atoms in total. The molecule has 1 aliphatic heterocycles. The lowest BCUT2D eigenvalue weighted by atomic mass is 10.1. The van der Waals surface area contributed by atoms with Crippen molar-refractivity contribution >= 4 is 32.7 Å². The fraction of sp³-hybridized carbons (Fsp3) is 0.179. The highest BCUT2D eigenvalue weighted by Crippen LogP contribution is 2.36. The summed E-state index contributed by atoms with van der Waals surface area (Å²) in [6, 6.07) is 28.5. The summed E-state index contributed by atoms with van der Waals surface area (Å²) >= 11 is 0. The van der Waals surface area contributed by atoms with Gasteiger partial charge in [-0.2, -0.15) is 5.10 Å². The second-order valence-electron chi connectivity index (χ2n) is 9.12. The first-order valence-electron chi connectivity index (χ1n) is 11.7. The molecule has 0 amide bonds. The van der Waals surface area contributed by atoms with Crippen LogP contribution in [-0.4, -0.2) is 31.6 Å². The molecule has 0 radical (unpaired) electrons. The zero-order valence-corrected chi connectivity index (χ0v) is 18.3. The first-order valence-corrected chi connectivity index (χ1v) is 11.7. The molecule has 0 bridgehead atoms. The molecular formula is C28H25N5. The third-order valence-corrected chi connectivity index (χ3v) is 7.13. The summed E-state index contributed by atoms with van der Waals surface area (Å²) in [5.41, 5.74) is 8.17. The molecule has 162 valence electrons. The van der Waals surface area contributed by atoms with E-state index in [0.29, 0.717) is 6.04 Å². The Kier molecular flexibility index (Phi) is 4.17. The zero-order chi connectivity index (χ0) is 21.8. The molecule has 1 unspecified atom stereocenters. The highest BCUT2D eigenvalue weighted by Gasteiger charge is 2.28. The van der Waals surface area contributed by atoms with Gasteiger partial charge in [-0.15, -0.1) is 0 Å². The monoisotopic (exact) mass is 431 g/mol. The summed E-state index contributed by atoms with van der Waals surface area (Å²) in [6.07, 6.45) is 2.42. The van der Waals surface area contributed by atoms with Gasteiger partial charge >= 0.3 is 0 Å². The minimum atomic E-state index is 0.432. The summed E-state index contributed by atoms with van der Waals surface area (Å²) in [5.74, 6) is 0. The molecule has 7 rings (SSSR count). The van der Waals surface area contributed by atoms with Crippen LogP contribution in [0, 0.1) is 0 Å². The van der Waals surface area contributed by atoms with Crippen LogP contribution >= 0.6 is 0 Å². The van der Waals surface area contributed by atoms with E-state index in [1.54, 1.807) is 0 Å². The molecule has 4 heterocycles. The molecule has 1 atom stereocenters. The molecule has 0 aliphatic carbocycles. The largest absolute Gasteiger partial charge is 0.357 e. The Balaban J connectivity index is 1.24. The number of benzene rings is 3. The van der Waals surface area contributed by atoms with Gasteiger partial charge in [0.1, 0.15) is 5.69 Å². The maximum absolute atomic E-state index is 4.60. The van der Waals surface area contributed by atoms with Crippen molar-refractivity contribution in [2.75, 3.05) is 6.54 Å². The maximum atomic E-state index is 4.60. The minimum Gasteiger partial charge on any atom is -0.357 e. The third-order valence-electron chi connectivity index (χ3n) is 7.13. The Morgan fingerprint density at radius 1 is 0.818 bits per heavy atom. The third kappa shape index (κ3) is 3.08. The van der Waals surface area contributed by atoms with Crippen molar-refractivity contribution in [2.24, 2.45) is 0 Å². The lowest BCUT2D eigenvalue weighted by Gasteiger charge is -2.24. The number of aromatic nitrogens is 4. The van der Waals surface area contributed by atoms with Gasteiger partial charge in [-0.1, -0.05) is 48.5 Å². The molecule has 5 heteroatoms. The first-order chi connectivity index (χ1) is 16.3. The van der Waals surface area contributed by atoms with Gasteiger partial charge in [0.25, 0.3) is 0 Å². The van der Waals surface area contributed by atoms with Crippen LogP contribution in [0.2, 0.25) is 0 Å². The number of likely N-dealkylation sites (tertiary alicyclic amines) is 1. The van der Waals surface area contributed by atoms with Gasteiger partial charge in [-0.3, -0.25) is 10.00 Å². The van der Waals surface area contributed by atoms with Crippen LogP contribution in [0.4, 0.5) is 0 Å². The summed E-state index contributed by atoms with van der Waals surface area (Å²) < 4.78 is 0. The summed E-state index contributed by atoms with van der Waals surface area (Å²) in [5, 5.41) is 11.5. The van der Waals surface area contributed by atoms with E-state index >= 15 is 0 Å². The summed E-state index contributed by atoms with van der Waals surface area (Å²) in [7, 11) is 0. The second kappa shape index (κ2) is 7.36. The highest BCUT2D eigenvalue weighted by atomic mass is 15.2. The van der Waals surface area contributed by atoms with Crippen LogP contribution in [0.5, 0.6) is 0 Å². The van der Waals surface area contributed by atoms with E-state index in [1.807, 2.05) is 6.07 Å². The van der Waals surface area contributed by atoms with Crippen molar-refractivity contribution in [3.8, 4) is 11.4 Å². The van der Waals surface area contributed by atoms with Crippen molar-refractivity contribution in [1.29, 1.82) is 0 Å². The Morgan fingerprint density at radius 2 is 1.67 bits per heavy atom. The second-order valence-corrected chi connectivity index (χ2v) is 9.12. The number of fused-ring (bicyclic) bond motifs is 3. The zero-order valence-electron chi connectivity index (χ0n) is 18.3. The predicted molar refractivity (Wildman–Crippen MR) is 134 cm³/mol. The number of rotatable bonds is 4. The normalized spacial score (nSPS) is 17.0. The lowest BCUT2D eigenvalue weighted by Crippen LogP contribution is -2.23. The summed E-state index contributed by atoms with van der Waals surface area (Å²) in [4.78, 5) is 9.90. The van der Waals surface area contributed by atoms with Gasteiger partial charge in [-0.05, 0) is 60.7 Å². The number of aromatic amines is 3. The average molecular weight is 432 g/mol. The van der Waals surface area contributed by atoms with E-state index < -0.39 is 0 Å². The van der Waals surface area contributed by atoms with Crippen LogP contribution in [0.1, 0.15) is 30.1 Å². The minimum absolute atomic E-state index is 0.432. The van der Waals surface area contributed by atoms with Crippen molar-refractivity contribution in [2.45, 2.75) is 25.4 Å². The van der Waals surface area contributed by atoms with Gasteiger partial charge in [0.2, 0.25) is 0 Å². The van der Waals surface area contributed by atoms with Crippen LogP contribution < -0.4 is 0 Å². The number of para-hydroxylation sites is 2. The molecule has 0 saturated carbocycles. The number of hydrogen-bond donors (Lipinski definition) is 3. The molecule has 1 saturated heterocycles. The Bertz CT molecular complexity index is 1570. The quantitative estimate of drug-likeness (QED) is 0.297. The van der Waals surface area contributed by atoms with E-state index in [-0.39, 0.29) is 0 Å². The van der Waals surface area contributed by atoms with Crippen LogP contribution in [0.25, 0.3) is 44.1 Å². The topological polar surface area (TPSA) is 63.5 Å². The van der Waals surface area contributed by atoms with E-state index in [0.717, 1.165) is 40.9 Å². The van der Waals surface area contributed by atoms with E-state index in [9.17, 15) is 0 Å². The number of hydrogen-bond acceptors (Lipinski definition) is 2. The number of nitrogens with zero attached hydrogens (tertiary/aromatic N) is 2. The Morgan fingerprint density at radius 3 is 2.61 bits per heavy atom. The molecular weight excluding hydrogens is 406 g/mol.